The smallest absolute Gasteiger partial charge is 0.0885 e. The van der Waals surface area contributed by atoms with Crippen LogP contribution in [0, 0.1) is 29.1 Å². The molecular weight excluding hydrogens is 138 g/mol. The minimum Gasteiger partial charge on any atom is -0.369 e. The van der Waals surface area contributed by atoms with Gasteiger partial charge in [0.05, 0.1) is 24.2 Å². The Morgan fingerprint density at radius 1 is 1.27 bits per heavy atom. The van der Waals surface area contributed by atoms with Crippen LogP contribution in [-0.2, 0) is 4.74 Å². The molecule has 0 aromatic rings. The van der Waals surface area contributed by atoms with Crippen molar-refractivity contribution in [3.8, 4) is 6.07 Å². The van der Waals surface area contributed by atoms with Crippen molar-refractivity contribution < 1.29 is 4.74 Å². The van der Waals surface area contributed by atoms with Crippen molar-refractivity contribution in [1.29, 1.82) is 5.26 Å². The van der Waals surface area contributed by atoms with E-state index in [2.05, 4.69) is 6.07 Å². The molecule has 0 radical (unpaired) electrons. The van der Waals surface area contributed by atoms with E-state index in [0.717, 1.165) is 12.3 Å². The lowest BCUT2D eigenvalue weighted by atomic mass is 9.65. The van der Waals surface area contributed by atoms with Gasteiger partial charge in [0.1, 0.15) is 0 Å². The summed E-state index contributed by atoms with van der Waals surface area (Å²) < 4.78 is 5.55. The molecule has 0 aromatic heterocycles. The Hall–Kier alpha value is -0.550. The first-order valence-electron chi connectivity index (χ1n) is 4.45. The molecule has 4 rings (SSSR count). The predicted molar refractivity (Wildman–Crippen MR) is 38.6 cm³/mol. The molecule has 2 bridgehead atoms. The highest BCUT2D eigenvalue weighted by Gasteiger charge is 2.59. The Labute approximate surface area is 66.1 Å². The summed E-state index contributed by atoms with van der Waals surface area (Å²) in [5.41, 5.74) is 0. The minimum atomic E-state index is 0.317. The van der Waals surface area contributed by atoms with Gasteiger partial charge in [-0.05, 0) is 25.2 Å². The first kappa shape index (κ1) is 6.02. The molecule has 2 nitrogen and oxygen atoms in total. The molecule has 0 aromatic carbocycles. The van der Waals surface area contributed by atoms with Gasteiger partial charge in [0.2, 0.25) is 0 Å². The average molecular weight is 149 g/mol. The molecule has 5 unspecified atom stereocenters. The van der Waals surface area contributed by atoms with Crippen molar-refractivity contribution >= 4 is 0 Å². The van der Waals surface area contributed by atoms with Crippen LogP contribution in [0.3, 0.4) is 0 Å². The largest absolute Gasteiger partial charge is 0.369 e. The van der Waals surface area contributed by atoms with E-state index in [-0.39, 0.29) is 0 Å². The van der Waals surface area contributed by atoms with Crippen molar-refractivity contribution in [2.24, 2.45) is 17.8 Å². The van der Waals surface area contributed by atoms with Gasteiger partial charge in [0.25, 0.3) is 0 Å². The summed E-state index contributed by atoms with van der Waals surface area (Å²) in [5, 5.41) is 8.84. The molecule has 0 spiro atoms. The van der Waals surface area contributed by atoms with E-state index in [1.54, 1.807) is 0 Å². The standard InChI is InChI=1S/C9H11NO/c10-4-6-3-5-1-2-7(6)9-8(5)11-9/h5-9H,1-3H2. The molecule has 0 N–H and O–H groups in total. The van der Waals surface area contributed by atoms with Gasteiger partial charge in [-0.25, -0.2) is 0 Å². The third-order valence-corrected chi connectivity index (χ3v) is 3.56. The van der Waals surface area contributed by atoms with Crippen LogP contribution in [-0.4, -0.2) is 12.2 Å². The van der Waals surface area contributed by atoms with Crippen LogP contribution < -0.4 is 0 Å². The minimum absolute atomic E-state index is 0.317. The second-order valence-corrected chi connectivity index (χ2v) is 4.04. The van der Waals surface area contributed by atoms with E-state index >= 15 is 0 Å². The maximum absolute atomic E-state index is 8.84. The maximum Gasteiger partial charge on any atom is 0.0885 e. The fourth-order valence-corrected chi connectivity index (χ4v) is 2.93. The summed E-state index contributed by atoms with van der Waals surface area (Å²) >= 11 is 0. The summed E-state index contributed by atoms with van der Waals surface area (Å²) in [6, 6.07) is 2.41. The van der Waals surface area contributed by atoms with Gasteiger partial charge in [-0.3, -0.25) is 0 Å². The summed E-state index contributed by atoms with van der Waals surface area (Å²) in [7, 11) is 0. The van der Waals surface area contributed by atoms with E-state index in [1.165, 1.54) is 12.8 Å². The highest BCUT2D eigenvalue weighted by Crippen LogP contribution is 2.55. The van der Waals surface area contributed by atoms with E-state index < -0.39 is 0 Å². The van der Waals surface area contributed by atoms with Gasteiger partial charge in [0.15, 0.2) is 0 Å². The molecule has 2 heteroatoms. The molecule has 3 aliphatic carbocycles. The zero-order valence-corrected chi connectivity index (χ0v) is 6.36. The lowest BCUT2D eigenvalue weighted by molar-refractivity contribution is 0.170. The SMILES string of the molecule is N#CC1CC2CCC1C1OC21. The fourth-order valence-electron chi connectivity index (χ4n) is 2.93. The van der Waals surface area contributed by atoms with Gasteiger partial charge in [0, 0.05) is 5.92 Å². The van der Waals surface area contributed by atoms with Gasteiger partial charge < -0.3 is 4.74 Å². The number of nitriles is 1. The Morgan fingerprint density at radius 2 is 2.18 bits per heavy atom. The molecule has 1 heterocycles. The molecule has 1 saturated heterocycles. The van der Waals surface area contributed by atoms with Crippen LogP contribution in [0.5, 0.6) is 0 Å². The first-order valence-corrected chi connectivity index (χ1v) is 4.45. The Balaban J connectivity index is 1.91. The van der Waals surface area contributed by atoms with E-state index in [4.69, 9.17) is 10.00 Å². The fraction of sp³-hybridized carbons (Fsp3) is 0.889. The maximum atomic E-state index is 8.84. The van der Waals surface area contributed by atoms with Crippen molar-refractivity contribution in [2.75, 3.05) is 0 Å². The normalized spacial score (nSPS) is 58.3. The number of epoxide rings is 1. The molecule has 4 fully saturated rings. The molecule has 1 aliphatic heterocycles. The van der Waals surface area contributed by atoms with Crippen molar-refractivity contribution in [1.82, 2.24) is 0 Å². The van der Waals surface area contributed by atoms with Crippen molar-refractivity contribution in [3.05, 3.63) is 0 Å². The monoisotopic (exact) mass is 149 g/mol. The van der Waals surface area contributed by atoms with Crippen LogP contribution in [0.4, 0.5) is 0 Å². The molecule has 5 atom stereocenters. The van der Waals surface area contributed by atoms with E-state index in [0.29, 0.717) is 24.0 Å². The van der Waals surface area contributed by atoms with Gasteiger partial charge in [-0.15, -0.1) is 0 Å². The number of ether oxygens (including phenoxy) is 1. The zero-order valence-electron chi connectivity index (χ0n) is 6.36. The van der Waals surface area contributed by atoms with E-state index in [9.17, 15) is 0 Å². The highest BCUT2D eigenvalue weighted by atomic mass is 16.6. The second kappa shape index (κ2) is 1.78. The average Bonchev–Trinajstić information content (AvgIpc) is 2.84. The quantitative estimate of drug-likeness (QED) is 0.487. The number of hydrogen-bond donors (Lipinski definition) is 0. The molecule has 4 aliphatic rings. The van der Waals surface area contributed by atoms with E-state index in [1.807, 2.05) is 0 Å². The third kappa shape index (κ3) is 0.648. The molecular formula is C9H11NO. The van der Waals surface area contributed by atoms with Gasteiger partial charge in [-0.2, -0.15) is 5.26 Å². The van der Waals surface area contributed by atoms with Gasteiger partial charge in [-0.1, -0.05) is 0 Å². The third-order valence-electron chi connectivity index (χ3n) is 3.56. The molecule has 11 heavy (non-hydrogen) atoms. The lowest BCUT2D eigenvalue weighted by Gasteiger charge is -2.35. The molecule has 0 amide bonds. The first-order chi connectivity index (χ1) is 5.40. The Morgan fingerprint density at radius 3 is 2.91 bits per heavy atom. The number of fused-ring (bicyclic) bond motifs is 2. The number of nitrogens with zero attached hydrogens (tertiary/aromatic N) is 1. The van der Waals surface area contributed by atoms with Crippen LogP contribution in [0.2, 0.25) is 0 Å². The van der Waals surface area contributed by atoms with Crippen molar-refractivity contribution in [3.63, 3.8) is 0 Å². The predicted octanol–water partition coefficient (Wildman–Crippen LogP) is 1.32. The Bertz CT molecular complexity index is 232. The lowest BCUT2D eigenvalue weighted by Crippen LogP contribution is -2.37. The molecule has 58 valence electrons. The van der Waals surface area contributed by atoms with Crippen LogP contribution in [0.15, 0.2) is 0 Å². The molecule has 3 saturated carbocycles. The van der Waals surface area contributed by atoms with Gasteiger partial charge >= 0.3 is 0 Å². The summed E-state index contributed by atoms with van der Waals surface area (Å²) in [4.78, 5) is 0. The summed E-state index contributed by atoms with van der Waals surface area (Å²) in [5.74, 6) is 1.64. The second-order valence-electron chi connectivity index (χ2n) is 4.04. The summed E-state index contributed by atoms with van der Waals surface area (Å²) in [6.45, 7) is 0. The van der Waals surface area contributed by atoms with Crippen molar-refractivity contribution in [2.45, 2.75) is 31.5 Å². The highest BCUT2D eigenvalue weighted by molar-refractivity contribution is 5.11. The van der Waals surface area contributed by atoms with Crippen LogP contribution in [0.25, 0.3) is 0 Å². The zero-order chi connectivity index (χ0) is 7.42. The van der Waals surface area contributed by atoms with Crippen LogP contribution >= 0.6 is 0 Å². The topological polar surface area (TPSA) is 36.3 Å². The number of rotatable bonds is 0. The van der Waals surface area contributed by atoms with Crippen LogP contribution in [0.1, 0.15) is 19.3 Å². The number of hydrogen-bond acceptors (Lipinski definition) is 2. The Kier molecular flexibility index (Phi) is 0.976. The summed E-state index contributed by atoms with van der Waals surface area (Å²) in [6.07, 6.45) is 4.72.